The van der Waals surface area contributed by atoms with Crippen molar-refractivity contribution >= 4 is 21.9 Å². The molecule has 1 aliphatic carbocycles. The van der Waals surface area contributed by atoms with E-state index < -0.39 is 0 Å². The highest BCUT2D eigenvalue weighted by molar-refractivity contribution is 6.06. The van der Waals surface area contributed by atoms with Gasteiger partial charge in [0.15, 0.2) is 0 Å². The standard InChI is InChI=1S/C22H18O/c1-2-7-15(8-3-1)13-16-14-20(16)19-11-6-10-18-17-9-4-5-12-21(17)23-22(18)19/h1-12,16,20H,13-14H2/t16-,20-/m1/s1. The van der Waals surface area contributed by atoms with Crippen LogP contribution in [-0.2, 0) is 6.42 Å². The molecule has 0 unspecified atom stereocenters. The SMILES string of the molecule is c1ccc(C[C@@H]2C[C@H]2c2cccc3c2oc2ccccc23)cc1. The maximum absolute atomic E-state index is 6.18. The van der Waals surface area contributed by atoms with Gasteiger partial charge in [-0.25, -0.2) is 0 Å². The van der Waals surface area contributed by atoms with E-state index in [2.05, 4.69) is 66.7 Å². The number of hydrogen-bond donors (Lipinski definition) is 0. The van der Waals surface area contributed by atoms with E-state index in [4.69, 9.17) is 4.42 Å². The molecule has 0 radical (unpaired) electrons. The van der Waals surface area contributed by atoms with Crippen LogP contribution in [0.4, 0.5) is 0 Å². The molecule has 1 heteroatoms. The zero-order chi connectivity index (χ0) is 15.2. The van der Waals surface area contributed by atoms with E-state index >= 15 is 0 Å². The second-order valence-corrected chi connectivity index (χ2v) is 6.61. The zero-order valence-corrected chi connectivity index (χ0v) is 12.9. The largest absolute Gasteiger partial charge is 0.456 e. The van der Waals surface area contributed by atoms with Gasteiger partial charge in [0.05, 0.1) is 0 Å². The first-order valence-electron chi connectivity index (χ1n) is 8.34. The van der Waals surface area contributed by atoms with Gasteiger partial charge in [0.25, 0.3) is 0 Å². The molecule has 23 heavy (non-hydrogen) atoms. The topological polar surface area (TPSA) is 13.1 Å². The molecule has 4 aromatic rings. The summed E-state index contributed by atoms with van der Waals surface area (Å²) in [4.78, 5) is 0. The van der Waals surface area contributed by atoms with Crippen LogP contribution >= 0.6 is 0 Å². The molecule has 1 saturated carbocycles. The molecular formula is C22H18O. The average molecular weight is 298 g/mol. The van der Waals surface area contributed by atoms with Crippen LogP contribution in [0.25, 0.3) is 21.9 Å². The Bertz CT molecular complexity index is 981. The average Bonchev–Trinajstić information content (AvgIpc) is 3.25. The van der Waals surface area contributed by atoms with Crippen LogP contribution in [0.3, 0.4) is 0 Å². The predicted octanol–water partition coefficient (Wildman–Crippen LogP) is 5.93. The smallest absolute Gasteiger partial charge is 0.138 e. The minimum absolute atomic E-state index is 0.638. The van der Waals surface area contributed by atoms with Crippen LogP contribution in [0.1, 0.15) is 23.5 Å². The predicted molar refractivity (Wildman–Crippen MR) is 94.7 cm³/mol. The fraction of sp³-hybridized carbons (Fsp3) is 0.182. The number of hydrogen-bond acceptors (Lipinski definition) is 1. The maximum atomic E-state index is 6.18. The van der Waals surface area contributed by atoms with Gasteiger partial charge in [-0.3, -0.25) is 0 Å². The van der Waals surface area contributed by atoms with Crippen molar-refractivity contribution < 1.29 is 4.42 Å². The van der Waals surface area contributed by atoms with Crippen molar-refractivity contribution in [1.82, 2.24) is 0 Å². The molecule has 0 spiro atoms. The van der Waals surface area contributed by atoms with Gasteiger partial charge < -0.3 is 4.42 Å². The molecule has 5 rings (SSSR count). The number of para-hydroxylation sites is 2. The first-order chi connectivity index (χ1) is 11.4. The monoisotopic (exact) mass is 298 g/mol. The summed E-state index contributed by atoms with van der Waals surface area (Å²) in [5.74, 6) is 1.38. The summed E-state index contributed by atoms with van der Waals surface area (Å²) in [5, 5.41) is 2.48. The molecule has 0 amide bonds. The molecule has 1 fully saturated rings. The summed E-state index contributed by atoms with van der Waals surface area (Å²) < 4.78 is 6.18. The van der Waals surface area contributed by atoms with Gasteiger partial charge in [-0.1, -0.05) is 66.7 Å². The third kappa shape index (κ3) is 2.16. The normalized spacial score (nSPS) is 20.2. The molecule has 1 aromatic heterocycles. The number of rotatable bonds is 3. The van der Waals surface area contributed by atoms with Crippen molar-refractivity contribution in [1.29, 1.82) is 0 Å². The van der Waals surface area contributed by atoms with Crippen LogP contribution in [0.2, 0.25) is 0 Å². The van der Waals surface area contributed by atoms with Crippen LogP contribution < -0.4 is 0 Å². The van der Waals surface area contributed by atoms with E-state index in [0.717, 1.165) is 17.1 Å². The van der Waals surface area contributed by atoms with Crippen molar-refractivity contribution in [2.45, 2.75) is 18.8 Å². The Kier molecular flexibility index (Phi) is 2.81. The van der Waals surface area contributed by atoms with Gasteiger partial charge in [-0.05, 0) is 41.9 Å². The Hall–Kier alpha value is -2.54. The Morgan fingerprint density at radius 2 is 1.57 bits per heavy atom. The van der Waals surface area contributed by atoms with Crippen molar-refractivity contribution in [3.8, 4) is 0 Å². The highest BCUT2D eigenvalue weighted by atomic mass is 16.3. The summed E-state index contributed by atoms with van der Waals surface area (Å²) in [6, 6.07) is 25.8. The second-order valence-electron chi connectivity index (χ2n) is 6.61. The minimum Gasteiger partial charge on any atom is -0.456 e. The second kappa shape index (κ2) is 4.99. The van der Waals surface area contributed by atoms with Crippen molar-refractivity contribution in [3.05, 3.63) is 83.9 Å². The quantitative estimate of drug-likeness (QED) is 0.456. The molecule has 112 valence electrons. The highest BCUT2D eigenvalue weighted by Crippen LogP contribution is 2.51. The zero-order valence-electron chi connectivity index (χ0n) is 12.9. The Labute approximate surface area is 135 Å². The van der Waals surface area contributed by atoms with Crippen LogP contribution in [0.15, 0.2) is 77.2 Å². The van der Waals surface area contributed by atoms with Gasteiger partial charge in [0.2, 0.25) is 0 Å². The molecule has 1 nitrogen and oxygen atoms in total. The first kappa shape index (κ1) is 13.0. The fourth-order valence-electron chi connectivity index (χ4n) is 3.83. The number of fused-ring (bicyclic) bond motifs is 3. The lowest BCUT2D eigenvalue weighted by molar-refractivity contribution is 0.660. The summed E-state index contributed by atoms with van der Waals surface area (Å²) in [7, 11) is 0. The molecule has 2 atom stereocenters. The van der Waals surface area contributed by atoms with E-state index in [1.165, 1.54) is 34.7 Å². The number of benzene rings is 3. The molecule has 0 aliphatic heterocycles. The molecular weight excluding hydrogens is 280 g/mol. The van der Waals surface area contributed by atoms with Crippen molar-refractivity contribution in [3.63, 3.8) is 0 Å². The lowest BCUT2D eigenvalue weighted by atomic mass is 10.0. The molecule has 0 saturated heterocycles. The Balaban J connectivity index is 1.52. The lowest BCUT2D eigenvalue weighted by Crippen LogP contribution is -1.90. The van der Waals surface area contributed by atoms with Gasteiger partial charge in [0, 0.05) is 10.8 Å². The molecule has 0 N–H and O–H groups in total. The summed E-state index contributed by atoms with van der Waals surface area (Å²) >= 11 is 0. The lowest BCUT2D eigenvalue weighted by Gasteiger charge is -2.02. The van der Waals surface area contributed by atoms with Crippen LogP contribution in [0, 0.1) is 5.92 Å². The summed E-state index contributed by atoms with van der Waals surface area (Å²) in [6.45, 7) is 0. The van der Waals surface area contributed by atoms with E-state index in [1.54, 1.807) is 0 Å². The van der Waals surface area contributed by atoms with Crippen molar-refractivity contribution in [2.24, 2.45) is 5.92 Å². The Morgan fingerprint density at radius 3 is 2.48 bits per heavy atom. The maximum Gasteiger partial charge on any atom is 0.138 e. The fourth-order valence-corrected chi connectivity index (χ4v) is 3.83. The van der Waals surface area contributed by atoms with E-state index in [1.807, 2.05) is 6.07 Å². The highest BCUT2D eigenvalue weighted by Gasteiger charge is 2.39. The minimum atomic E-state index is 0.638. The van der Waals surface area contributed by atoms with Crippen LogP contribution in [0.5, 0.6) is 0 Å². The third-order valence-corrected chi connectivity index (χ3v) is 5.10. The first-order valence-corrected chi connectivity index (χ1v) is 8.34. The number of furan rings is 1. The third-order valence-electron chi connectivity index (χ3n) is 5.10. The van der Waals surface area contributed by atoms with Crippen molar-refractivity contribution in [2.75, 3.05) is 0 Å². The summed E-state index contributed by atoms with van der Waals surface area (Å²) in [5.41, 5.74) is 4.92. The van der Waals surface area contributed by atoms with Gasteiger partial charge in [-0.2, -0.15) is 0 Å². The molecule has 3 aromatic carbocycles. The summed E-state index contributed by atoms with van der Waals surface area (Å²) in [6.07, 6.45) is 2.44. The van der Waals surface area contributed by atoms with E-state index in [0.29, 0.717) is 5.92 Å². The molecule has 0 bridgehead atoms. The van der Waals surface area contributed by atoms with Crippen LogP contribution in [-0.4, -0.2) is 0 Å². The van der Waals surface area contributed by atoms with E-state index in [9.17, 15) is 0 Å². The Morgan fingerprint density at radius 1 is 0.783 bits per heavy atom. The van der Waals surface area contributed by atoms with Gasteiger partial charge >= 0.3 is 0 Å². The molecule has 1 heterocycles. The van der Waals surface area contributed by atoms with E-state index in [-0.39, 0.29) is 0 Å². The van der Waals surface area contributed by atoms with Gasteiger partial charge in [-0.15, -0.1) is 0 Å². The van der Waals surface area contributed by atoms with Gasteiger partial charge in [0.1, 0.15) is 11.2 Å². The molecule has 1 aliphatic rings.